The maximum Gasteiger partial charge on any atom is 0.328 e. The molecule has 0 bridgehead atoms. The third-order valence-corrected chi connectivity index (χ3v) is 7.27. The monoisotopic (exact) mass is 498 g/mol. The first-order chi connectivity index (χ1) is 18.0. The molecule has 190 valence electrons. The van der Waals surface area contributed by atoms with E-state index in [1.807, 2.05) is 30.3 Å². The lowest BCUT2D eigenvalue weighted by atomic mass is 10.0. The predicted molar refractivity (Wildman–Crippen MR) is 140 cm³/mol. The molecule has 3 N–H and O–H groups in total. The lowest BCUT2D eigenvalue weighted by molar-refractivity contribution is -0.142. The number of fused-ring (bicyclic) bond motifs is 2. The molecule has 2 aromatic carbocycles. The summed E-state index contributed by atoms with van der Waals surface area (Å²) >= 11 is 0. The number of aromatic amines is 1. The van der Waals surface area contributed by atoms with Crippen LogP contribution in [0.4, 0.5) is 10.5 Å². The molecule has 2 aliphatic rings. The van der Waals surface area contributed by atoms with Gasteiger partial charge in [0.1, 0.15) is 12.1 Å². The summed E-state index contributed by atoms with van der Waals surface area (Å²) in [4.78, 5) is 32.7. The SMILES string of the molecule is C=C1Nc2ccccc2CN1C1CCN(C(=O)NC(Cc2ccc3[nH]cc(C#N)c3c2)C(=O)OC)CC1. The van der Waals surface area contributed by atoms with E-state index in [0.29, 0.717) is 18.7 Å². The van der Waals surface area contributed by atoms with Gasteiger partial charge in [-0.2, -0.15) is 5.26 Å². The average molecular weight is 499 g/mol. The summed E-state index contributed by atoms with van der Waals surface area (Å²) in [5, 5.41) is 16.4. The molecular formula is C28H30N6O3. The van der Waals surface area contributed by atoms with E-state index >= 15 is 0 Å². The summed E-state index contributed by atoms with van der Waals surface area (Å²) in [6.45, 7) is 6.16. The summed E-state index contributed by atoms with van der Waals surface area (Å²) in [6.07, 6.45) is 3.53. The van der Waals surface area contributed by atoms with Gasteiger partial charge in [-0.05, 0) is 42.2 Å². The molecule has 0 aliphatic carbocycles. The molecule has 5 rings (SSSR count). The van der Waals surface area contributed by atoms with Crippen LogP contribution in [0, 0.1) is 11.3 Å². The van der Waals surface area contributed by atoms with Crippen molar-refractivity contribution in [2.45, 2.75) is 37.9 Å². The number of rotatable bonds is 5. The van der Waals surface area contributed by atoms with Gasteiger partial charge in [-0.1, -0.05) is 30.8 Å². The number of nitrogens with one attached hydrogen (secondary N) is 3. The van der Waals surface area contributed by atoms with Crippen LogP contribution in [0.25, 0.3) is 10.9 Å². The van der Waals surface area contributed by atoms with Gasteiger partial charge in [0.25, 0.3) is 0 Å². The minimum absolute atomic E-state index is 0.263. The minimum Gasteiger partial charge on any atom is -0.467 e. The number of piperidine rings is 1. The molecule has 2 aliphatic heterocycles. The van der Waals surface area contributed by atoms with Crippen molar-refractivity contribution in [1.82, 2.24) is 20.1 Å². The van der Waals surface area contributed by atoms with Crippen LogP contribution < -0.4 is 10.6 Å². The summed E-state index contributed by atoms with van der Waals surface area (Å²) in [5.41, 5.74) is 4.53. The normalized spacial score (nSPS) is 16.5. The van der Waals surface area contributed by atoms with E-state index < -0.39 is 12.0 Å². The van der Waals surface area contributed by atoms with Crippen LogP contribution in [-0.4, -0.2) is 59.1 Å². The molecule has 3 heterocycles. The van der Waals surface area contributed by atoms with Crippen molar-refractivity contribution in [3.05, 3.63) is 77.8 Å². The molecule has 9 nitrogen and oxygen atoms in total. The van der Waals surface area contributed by atoms with Gasteiger partial charge in [-0.25, -0.2) is 9.59 Å². The van der Waals surface area contributed by atoms with Gasteiger partial charge < -0.3 is 30.2 Å². The standard InChI is InChI=1S/C28H30N6O3/c1-18-31-24-6-4-3-5-20(24)17-34(18)22-9-11-33(12-10-22)28(36)32-26(27(35)37-2)14-19-7-8-25-23(13-19)21(15-29)16-30-25/h3-8,13,16,22,26,30-31H,1,9-12,14,17H2,2H3,(H,32,36). The smallest absolute Gasteiger partial charge is 0.328 e. The highest BCUT2D eigenvalue weighted by Gasteiger charge is 2.32. The molecule has 1 saturated heterocycles. The number of H-pyrrole nitrogens is 1. The van der Waals surface area contributed by atoms with Crippen molar-refractivity contribution in [3.63, 3.8) is 0 Å². The van der Waals surface area contributed by atoms with Crippen LogP contribution in [0.3, 0.4) is 0 Å². The fourth-order valence-electron chi connectivity index (χ4n) is 5.22. The number of hydrogen-bond acceptors (Lipinski definition) is 6. The first-order valence-electron chi connectivity index (χ1n) is 12.4. The minimum atomic E-state index is -0.834. The number of amides is 2. The van der Waals surface area contributed by atoms with Crippen molar-refractivity contribution in [3.8, 4) is 6.07 Å². The fraction of sp³-hybridized carbons (Fsp3) is 0.321. The zero-order chi connectivity index (χ0) is 25.9. The molecule has 1 aromatic heterocycles. The van der Waals surface area contributed by atoms with Crippen molar-refractivity contribution in [1.29, 1.82) is 5.26 Å². The molecule has 1 unspecified atom stereocenters. The number of esters is 1. The van der Waals surface area contributed by atoms with Crippen molar-refractivity contribution < 1.29 is 14.3 Å². The number of hydrogen-bond donors (Lipinski definition) is 3. The second-order valence-electron chi connectivity index (χ2n) is 9.50. The number of urea groups is 1. The number of methoxy groups -OCH3 is 1. The average Bonchev–Trinajstić information content (AvgIpc) is 3.34. The second-order valence-corrected chi connectivity index (χ2v) is 9.50. The van der Waals surface area contributed by atoms with Crippen LogP contribution in [0.1, 0.15) is 29.5 Å². The highest BCUT2D eigenvalue weighted by Crippen LogP contribution is 2.30. The van der Waals surface area contributed by atoms with E-state index in [9.17, 15) is 14.9 Å². The van der Waals surface area contributed by atoms with Gasteiger partial charge in [0.05, 0.1) is 18.5 Å². The van der Waals surface area contributed by atoms with Crippen LogP contribution in [0.2, 0.25) is 0 Å². The second kappa shape index (κ2) is 10.3. The molecule has 0 saturated carbocycles. The number of nitrogens with zero attached hydrogens (tertiary/aromatic N) is 3. The number of para-hydroxylation sites is 1. The molecule has 1 atom stereocenters. The number of carbonyl (C=O) groups excluding carboxylic acids is 2. The van der Waals surface area contributed by atoms with E-state index in [1.54, 1.807) is 11.1 Å². The van der Waals surface area contributed by atoms with E-state index in [1.165, 1.54) is 12.7 Å². The zero-order valence-corrected chi connectivity index (χ0v) is 20.8. The number of likely N-dealkylation sites (tertiary alicyclic amines) is 1. The Bertz CT molecular complexity index is 1380. The zero-order valence-electron chi connectivity index (χ0n) is 20.8. The lowest BCUT2D eigenvalue weighted by Crippen LogP contribution is -2.53. The highest BCUT2D eigenvalue weighted by molar-refractivity contribution is 5.87. The Morgan fingerprint density at radius 3 is 2.78 bits per heavy atom. The summed E-state index contributed by atoms with van der Waals surface area (Å²) in [6, 6.07) is 15.2. The molecule has 3 aromatic rings. The predicted octanol–water partition coefficient (Wildman–Crippen LogP) is 3.70. The Morgan fingerprint density at radius 1 is 1.24 bits per heavy atom. The Kier molecular flexibility index (Phi) is 6.73. The number of carbonyl (C=O) groups is 2. The maximum absolute atomic E-state index is 13.1. The number of benzene rings is 2. The van der Waals surface area contributed by atoms with E-state index in [2.05, 4.69) is 45.3 Å². The van der Waals surface area contributed by atoms with Gasteiger partial charge in [-0.3, -0.25) is 0 Å². The first-order valence-corrected chi connectivity index (χ1v) is 12.4. The summed E-state index contributed by atoms with van der Waals surface area (Å²) in [5.74, 6) is 0.374. The first kappa shape index (κ1) is 24.3. The van der Waals surface area contributed by atoms with Gasteiger partial charge in [0.15, 0.2) is 0 Å². The van der Waals surface area contributed by atoms with Gasteiger partial charge in [0.2, 0.25) is 0 Å². The molecule has 2 amide bonds. The Balaban J connectivity index is 1.21. The Labute approximate surface area is 215 Å². The van der Waals surface area contributed by atoms with Crippen molar-refractivity contribution in [2.24, 2.45) is 0 Å². The summed E-state index contributed by atoms with van der Waals surface area (Å²) < 4.78 is 4.97. The van der Waals surface area contributed by atoms with Gasteiger partial charge in [-0.15, -0.1) is 0 Å². The van der Waals surface area contributed by atoms with Crippen molar-refractivity contribution in [2.75, 3.05) is 25.5 Å². The fourth-order valence-corrected chi connectivity index (χ4v) is 5.22. The maximum atomic E-state index is 13.1. The molecule has 9 heteroatoms. The van der Waals surface area contributed by atoms with Crippen LogP contribution in [-0.2, 0) is 22.5 Å². The van der Waals surface area contributed by atoms with Gasteiger partial charge >= 0.3 is 12.0 Å². The van der Waals surface area contributed by atoms with E-state index in [-0.39, 0.29) is 18.5 Å². The molecule has 1 fully saturated rings. The number of anilines is 1. The van der Waals surface area contributed by atoms with Crippen molar-refractivity contribution >= 4 is 28.6 Å². The highest BCUT2D eigenvalue weighted by atomic mass is 16.5. The third kappa shape index (κ3) is 4.96. The lowest BCUT2D eigenvalue weighted by Gasteiger charge is -2.43. The molecule has 37 heavy (non-hydrogen) atoms. The topological polar surface area (TPSA) is 113 Å². The molecule has 0 radical (unpaired) electrons. The number of aromatic nitrogens is 1. The van der Waals surface area contributed by atoms with E-state index in [0.717, 1.165) is 47.4 Å². The Morgan fingerprint density at radius 2 is 2.03 bits per heavy atom. The third-order valence-electron chi connectivity index (χ3n) is 7.27. The van der Waals surface area contributed by atoms with Crippen LogP contribution in [0.15, 0.2) is 61.1 Å². The molecule has 0 spiro atoms. The largest absolute Gasteiger partial charge is 0.467 e. The molecular weight excluding hydrogens is 468 g/mol. The van der Waals surface area contributed by atoms with Gasteiger partial charge in [0, 0.05) is 54.9 Å². The van der Waals surface area contributed by atoms with Crippen LogP contribution in [0.5, 0.6) is 0 Å². The quantitative estimate of drug-likeness (QED) is 0.463. The number of nitriles is 1. The van der Waals surface area contributed by atoms with Crippen LogP contribution >= 0.6 is 0 Å². The number of ether oxygens (including phenoxy) is 1. The van der Waals surface area contributed by atoms with E-state index in [4.69, 9.17) is 4.74 Å². The Hall–Kier alpha value is -4.45. The summed E-state index contributed by atoms with van der Waals surface area (Å²) in [7, 11) is 1.31.